The minimum Gasteiger partial charge on any atom is -0.508 e. The maximum absolute atomic E-state index is 15.0. The SMILES string of the molecule is CC(C)C[C@H](NC(=O)[C@@H](NC(=O)[C@H](CO)NC(=O)[C@H](CCCN=C(N)N)NC(=O)[C@H](C)NC(=O)[C@H](CC(C)C)NC(=O)[C@H](CCCN=C(N)N)NC(=O)[C@H](CCCN=C(N)N)NC(=O)[C@H](Cc1ccc(O)cc1)NC(=O)[C@H](CCCCN)NC(=O)[C@H](CCCN=C(N)N)NC(=O)[C@H](CC(C)C)NC(=O)[C@@H](N)CO)[C@@H](C)O)C(=O)O. The first kappa shape index (κ1) is 101. The van der Waals surface area contributed by atoms with Gasteiger partial charge in [-0.3, -0.25) is 77.5 Å². The number of unbranched alkanes of at least 4 members (excludes halogenated alkanes) is 1. The number of nitrogens with zero attached hydrogens (tertiary/aromatic N) is 4. The van der Waals surface area contributed by atoms with E-state index in [1.54, 1.807) is 41.5 Å². The molecule has 0 aliphatic heterocycles. The van der Waals surface area contributed by atoms with Gasteiger partial charge >= 0.3 is 5.97 Å². The summed E-state index contributed by atoms with van der Waals surface area (Å²) in [5.74, 6) is -15.2. The highest BCUT2D eigenvalue weighted by Gasteiger charge is 2.38. The van der Waals surface area contributed by atoms with Crippen LogP contribution in [0, 0.1) is 17.8 Å². The zero-order valence-electron chi connectivity index (χ0n) is 66.3. The van der Waals surface area contributed by atoms with Crippen LogP contribution in [0.25, 0.3) is 0 Å². The second-order valence-corrected chi connectivity index (χ2v) is 28.7. The summed E-state index contributed by atoms with van der Waals surface area (Å²) in [7, 11) is 0. The Kier molecular flexibility index (Phi) is 47.7. The molecule has 0 aliphatic carbocycles. The lowest BCUT2D eigenvalue weighted by Gasteiger charge is -2.29. The third kappa shape index (κ3) is 41.5. The first-order valence-electron chi connectivity index (χ1n) is 37.8. The van der Waals surface area contributed by atoms with Crippen molar-refractivity contribution in [3.63, 3.8) is 0 Å². The lowest BCUT2D eigenvalue weighted by atomic mass is 10.0. The molecule has 1 aromatic rings. The number of carboxylic acids is 1. The number of carboxylic acid groups (broad SMARTS) is 1. The molecule has 0 saturated carbocycles. The van der Waals surface area contributed by atoms with Crippen LogP contribution in [0.4, 0.5) is 0 Å². The van der Waals surface area contributed by atoms with Crippen LogP contribution in [0.3, 0.4) is 0 Å². The van der Waals surface area contributed by atoms with Crippen molar-refractivity contribution in [1.82, 2.24) is 63.8 Å². The molecule has 1 rings (SSSR count). The summed E-state index contributed by atoms with van der Waals surface area (Å²) in [6.45, 7) is 10.9. The van der Waals surface area contributed by atoms with E-state index in [4.69, 9.17) is 57.3 Å². The molecule has 1 aromatic carbocycles. The van der Waals surface area contributed by atoms with Gasteiger partial charge in [-0.05, 0) is 146 Å². The number of hydrogen-bond acceptors (Lipinski definition) is 23. The number of phenolic OH excluding ortho intramolecular Hbond substituents is 1. The Morgan fingerprint density at radius 1 is 0.360 bits per heavy atom. The quantitative estimate of drug-likeness (QED) is 0.0164. The second kappa shape index (κ2) is 53.9. The highest BCUT2D eigenvalue weighted by Crippen LogP contribution is 2.16. The van der Waals surface area contributed by atoms with E-state index in [0.717, 1.165) is 6.92 Å². The first-order valence-corrected chi connectivity index (χ1v) is 37.8. The zero-order chi connectivity index (χ0) is 86.5. The van der Waals surface area contributed by atoms with Gasteiger partial charge in [-0.2, -0.15) is 0 Å². The fourth-order valence-corrected chi connectivity index (χ4v) is 11.1. The Morgan fingerprint density at radius 2 is 0.658 bits per heavy atom. The van der Waals surface area contributed by atoms with Crippen molar-refractivity contribution in [3.8, 4) is 5.75 Å². The predicted octanol–water partition coefficient (Wildman–Crippen LogP) is -8.97. The lowest BCUT2D eigenvalue weighted by Crippen LogP contribution is -2.61. The molecule has 0 unspecified atom stereocenters. The first-order chi connectivity index (χ1) is 53.5. The molecule has 44 nitrogen and oxygen atoms in total. The Morgan fingerprint density at radius 3 is 1.00 bits per heavy atom. The van der Waals surface area contributed by atoms with Crippen molar-refractivity contribution in [2.75, 3.05) is 45.9 Å². The molecular formula is C70H126N26O18. The smallest absolute Gasteiger partial charge is 0.326 e. The van der Waals surface area contributed by atoms with Crippen molar-refractivity contribution in [3.05, 3.63) is 29.8 Å². The molecule has 0 heterocycles. The minimum atomic E-state index is -1.84. The molecule has 0 saturated heterocycles. The van der Waals surface area contributed by atoms with Crippen LogP contribution in [0.1, 0.15) is 151 Å². The number of hydrogen-bond donors (Lipinski definition) is 27. The summed E-state index contributed by atoms with van der Waals surface area (Å²) in [6, 6.07) is -14.2. The van der Waals surface area contributed by atoms with Crippen LogP contribution in [0.5, 0.6) is 5.75 Å². The van der Waals surface area contributed by atoms with E-state index >= 15 is 4.79 Å². The summed E-state index contributed by atoms with van der Waals surface area (Å²) < 4.78 is 0. The Hall–Kier alpha value is -11.0. The van der Waals surface area contributed by atoms with Gasteiger partial charge in [0.05, 0.1) is 19.3 Å². The maximum Gasteiger partial charge on any atom is 0.326 e. The largest absolute Gasteiger partial charge is 0.508 e. The fraction of sp³-hybridized carbons (Fsp3) is 0.671. The van der Waals surface area contributed by atoms with E-state index in [-0.39, 0.29) is 170 Å². The molecule has 44 heteroatoms. The topological polar surface area (TPSA) is 777 Å². The van der Waals surface area contributed by atoms with Gasteiger partial charge in [0.25, 0.3) is 0 Å². The number of amides is 12. The van der Waals surface area contributed by atoms with Gasteiger partial charge in [-0.25, -0.2) is 4.79 Å². The summed E-state index contributed by atoms with van der Waals surface area (Å²) >= 11 is 0. The van der Waals surface area contributed by atoms with Crippen molar-refractivity contribution >= 4 is 101 Å². The molecule has 0 bridgehead atoms. The zero-order valence-corrected chi connectivity index (χ0v) is 66.3. The van der Waals surface area contributed by atoms with Crippen LogP contribution >= 0.6 is 0 Å². The third-order valence-electron chi connectivity index (χ3n) is 17.1. The monoisotopic (exact) mass is 1620 g/mol. The van der Waals surface area contributed by atoms with Gasteiger partial charge in [-0.15, -0.1) is 0 Å². The van der Waals surface area contributed by atoms with Crippen molar-refractivity contribution < 1.29 is 87.9 Å². The normalized spacial score (nSPS) is 14.8. The van der Waals surface area contributed by atoms with E-state index in [1.165, 1.54) is 31.2 Å². The van der Waals surface area contributed by atoms with Crippen LogP contribution in [-0.4, -0.2) is 257 Å². The Bertz CT molecular complexity index is 3380. The molecule has 37 N–H and O–H groups in total. The molecule has 0 spiro atoms. The number of aliphatic hydroxyl groups excluding tert-OH is 3. The average Bonchev–Trinajstić information content (AvgIpc) is 0.858. The molecule has 0 fully saturated rings. The average molecular weight is 1620 g/mol. The molecule has 12 amide bonds. The highest BCUT2D eigenvalue weighted by molar-refractivity contribution is 6.00. The van der Waals surface area contributed by atoms with Crippen molar-refractivity contribution in [1.29, 1.82) is 0 Å². The number of benzene rings is 1. The van der Waals surface area contributed by atoms with Crippen LogP contribution in [0.2, 0.25) is 0 Å². The van der Waals surface area contributed by atoms with Crippen molar-refractivity contribution in [2.45, 2.75) is 236 Å². The molecule has 114 heavy (non-hydrogen) atoms. The number of guanidine groups is 4. The molecule has 0 aliphatic rings. The van der Waals surface area contributed by atoms with Crippen LogP contribution < -0.4 is 121 Å². The number of nitrogens with one attached hydrogen (secondary N) is 12. The van der Waals surface area contributed by atoms with Crippen LogP contribution in [-0.2, 0) is 68.7 Å². The van der Waals surface area contributed by atoms with E-state index in [0.29, 0.717) is 12.0 Å². The number of carbonyl (C=O) groups is 13. The molecule has 644 valence electrons. The van der Waals surface area contributed by atoms with E-state index in [9.17, 15) is 83.1 Å². The number of aliphatic carboxylic acids is 1. The Balaban J connectivity index is 3.90. The number of phenols is 1. The van der Waals surface area contributed by atoms with Gasteiger partial charge in [0.15, 0.2) is 23.8 Å². The number of aromatic hydroxyl groups is 1. The number of nitrogens with two attached hydrogens (primary N) is 10. The van der Waals surface area contributed by atoms with E-state index < -0.39 is 175 Å². The van der Waals surface area contributed by atoms with Gasteiger partial charge in [0.2, 0.25) is 70.9 Å². The van der Waals surface area contributed by atoms with Crippen molar-refractivity contribution in [2.24, 2.45) is 95.1 Å². The summed E-state index contributed by atoms with van der Waals surface area (Å²) in [5.41, 5.74) is 56.6. The van der Waals surface area contributed by atoms with Crippen LogP contribution in [0.15, 0.2) is 44.2 Å². The van der Waals surface area contributed by atoms with Gasteiger partial charge in [0.1, 0.15) is 84.3 Å². The number of aliphatic hydroxyl groups is 3. The number of rotatable bonds is 56. The summed E-state index contributed by atoms with van der Waals surface area (Å²) in [4.78, 5) is 198. The van der Waals surface area contributed by atoms with Gasteiger partial charge in [0, 0.05) is 32.6 Å². The molecule has 14 atom stereocenters. The van der Waals surface area contributed by atoms with E-state index in [1.807, 2.05) is 0 Å². The summed E-state index contributed by atoms with van der Waals surface area (Å²) in [5, 5.41) is 80.6. The standard InChI is InChI=1S/C70H126N26O18/c1-35(2)29-48(61(108)85-38(7)54(101)86-44(16-11-25-81-67(73)74)60(107)95-52(34-98)64(111)96-53(39(8)99)65(112)94-51(66(113)114)31-37(5)6)92-59(106)47(19-14-28-84-70(79)80)88-57(104)46(18-13-27-83-69(77)78)90-63(110)50(32-40-20-22-41(100)23-21-40)93-58(105)43(15-9-10-24-71)87-56(103)45(17-12-26-82-68(75)76)89-62(109)49(30-36(3)4)91-55(102)42(72)33-97/h20-23,35-39,42-53,97-100H,9-19,24-34,71-72H2,1-8H3,(H,85,108)(H,86,101)(H,87,103)(H,88,104)(H,89,109)(H,90,110)(H,91,102)(H,92,106)(H,93,105)(H,94,112)(H,95,107)(H,96,111)(H,113,114)(H4,73,74,81)(H4,75,76,82)(H4,77,78,83)(H4,79,80,84)/t38-,39+,42-,43-,44-,45-,46-,47-,48-,49-,50-,51-,52-,53-/m0/s1. The highest BCUT2D eigenvalue weighted by atomic mass is 16.4. The van der Waals surface area contributed by atoms with E-state index in [2.05, 4.69) is 83.8 Å². The summed E-state index contributed by atoms with van der Waals surface area (Å²) in [6.07, 6.45) is -2.12. The molecule has 0 aromatic heterocycles. The maximum atomic E-state index is 15.0. The second-order valence-electron chi connectivity index (χ2n) is 28.7. The third-order valence-corrected chi connectivity index (χ3v) is 17.1. The minimum absolute atomic E-state index is 0.00237. The molecular weight excluding hydrogens is 1490 g/mol. The predicted molar refractivity (Wildman–Crippen MR) is 423 cm³/mol. The fourth-order valence-electron chi connectivity index (χ4n) is 11.1. The number of aliphatic imine (C=N–C) groups is 4. The molecule has 0 radical (unpaired) electrons. The Labute approximate surface area is 662 Å². The number of carbonyl (C=O) groups excluding carboxylic acids is 12. The van der Waals surface area contributed by atoms with Gasteiger partial charge < -0.3 is 147 Å². The van der Waals surface area contributed by atoms with Gasteiger partial charge in [-0.1, -0.05) is 53.7 Å². The lowest BCUT2D eigenvalue weighted by molar-refractivity contribution is -0.143.